The number of rotatable bonds is 0. The van der Waals surface area contributed by atoms with Gasteiger partial charge in [-0.05, 0) is 0 Å². The molecule has 0 fully saturated rings. The minimum atomic E-state index is 0.375. The van der Waals surface area contributed by atoms with E-state index < -0.39 is 0 Å². The van der Waals surface area contributed by atoms with E-state index in [9.17, 15) is 0 Å². The van der Waals surface area contributed by atoms with Crippen molar-refractivity contribution in [2.45, 2.75) is 6.42 Å². The SMILES string of the molecule is [CH2-]CC#N.[Zn+][Br]. The fraction of sp³-hybridized carbons (Fsp3) is 0.333. The molecule has 0 atom stereocenters. The predicted molar refractivity (Wildman–Crippen MR) is 24.5 cm³/mol. The molecule has 0 unspecified atom stereocenters. The maximum atomic E-state index is 7.56. The van der Waals surface area contributed by atoms with Gasteiger partial charge in [0.2, 0.25) is 0 Å². The molecular weight excluding hydrogens is 195 g/mol. The van der Waals surface area contributed by atoms with E-state index in [1.807, 2.05) is 6.07 Å². The maximum absolute atomic E-state index is 7.56. The van der Waals surface area contributed by atoms with Crippen LogP contribution in [-0.2, 0) is 16.3 Å². The second-order valence-electron chi connectivity index (χ2n) is 0.408. The van der Waals surface area contributed by atoms with Gasteiger partial charge in [0.15, 0.2) is 0 Å². The van der Waals surface area contributed by atoms with Crippen LogP contribution in [0.25, 0.3) is 0 Å². The molecule has 3 heteroatoms. The Balaban J connectivity index is 0. The molecule has 1 nitrogen and oxygen atoms in total. The van der Waals surface area contributed by atoms with Crippen molar-refractivity contribution >= 4 is 13.6 Å². The molecule has 0 saturated heterocycles. The molecule has 0 aliphatic heterocycles. The summed E-state index contributed by atoms with van der Waals surface area (Å²) in [5.74, 6) is 0. The summed E-state index contributed by atoms with van der Waals surface area (Å²) >= 11 is 4.25. The Morgan fingerprint density at radius 1 is 1.83 bits per heavy atom. The first-order valence-corrected chi connectivity index (χ1v) is 8.29. The molecule has 0 radical (unpaired) electrons. The van der Waals surface area contributed by atoms with Gasteiger partial charge in [-0.25, -0.2) is 5.26 Å². The van der Waals surface area contributed by atoms with Gasteiger partial charge in [0, 0.05) is 6.07 Å². The summed E-state index contributed by atoms with van der Waals surface area (Å²) in [5, 5.41) is 7.56. The van der Waals surface area contributed by atoms with Gasteiger partial charge in [0.1, 0.15) is 0 Å². The third kappa shape index (κ3) is 23.4. The van der Waals surface area contributed by atoms with Crippen molar-refractivity contribution in [3.8, 4) is 6.07 Å². The molecule has 6 heavy (non-hydrogen) atoms. The zero-order valence-corrected chi connectivity index (χ0v) is 8.00. The summed E-state index contributed by atoms with van der Waals surface area (Å²) in [6.45, 7) is 3.24. The van der Waals surface area contributed by atoms with E-state index in [2.05, 4.69) is 20.5 Å². The average molecular weight is 199 g/mol. The molecule has 0 aromatic rings. The molecular formula is C3H4BrNZn. The van der Waals surface area contributed by atoms with E-state index in [1.165, 1.54) is 16.3 Å². The van der Waals surface area contributed by atoms with Crippen molar-refractivity contribution in [1.82, 2.24) is 0 Å². The van der Waals surface area contributed by atoms with E-state index in [1.54, 1.807) is 0 Å². The van der Waals surface area contributed by atoms with Gasteiger partial charge >= 0.3 is 30.0 Å². The third-order valence-corrected chi connectivity index (χ3v) is 0.112. The monoisotopic (exact) mass is 197 g/mol. The molecule has 0 aliphatic rings. The average Bonchev–Trinajstić information content (AvgIpc) is 1.72. The first kappa shape index (κ1) is 9.78. The summed E-state index contributed by atoms with van der Waals surface area (Å²) in [7, 11) is 0. The van der Waals surface area contributed by atoms with E-state index in [0.29, 0.717) is 6.42 Å². The number of hydrogen-bond acceptors (Lipinski definition) is 1. The Hall–Kier alpha value is 0.593. The van der Waals surface area contributed by atoms with Crippen LogP contribution in [0.1, 0.15) is 6.42 Å². The van der Waals surface area contributed by atoms with Gasteiger partial charge in [0.05, 0.1) is 0 Å². The molecule has 30 valence electrons. The molecule has 0 spiro atoms. The zero-order valence-electron chi connectivity index (χ0n) is 3.45. The van der Waals surface area contributed by atoms with Crippen molar-refractivity contribution in [3.63, 3.8) is 0 Å². The zero-order chi connectivity index (χ0) is 5.41. The Kier molecular flexibility index (Phi) is 28.6. The summed E-state index contributed by atoms with van der Waals surface area (Å²) in [6, 6.07) is 1.82. The Bertz CT molecular complexity index is 40.5. The second-order valence-corrected chi connectivity index (χ2v) is 0.408. The molecule has 0 heterocycles. The fourth-order valence-electron chi connectivity index (χ4n) is 0. The predicted octanol–water partition coefficient (Wildman–Crippen LogP) is 1.58. The van der Waals surface area contributed by atoms with Gasteiger partial charge in [-0.3, -0.25) is 0 Å². The number of nitrogens with zero attached hydrogens (tertiary/aromatic N) is 1. The summed E-state index contributed by atoms with van der Waals surface area (Å²) in [6.07, 6.45) is 0.375. The second kappa shape index (κ2) is 17.5. The Morgan fingerprint density at radius 3 is 2.00 bits per heavy atom. The number of nitriles is 1. The Morgan fingerprint density at radius 2 is 2.00 bits per heavy atom. The topological polar surface area (TPSA) is 23.8 Å². The van der Waals surface area contributed by atoms with Gasteiger partial charge in [-0.15, -0.1) is 0 Å². The van der Waals surface area contributed by atoms with Crippen LogP contribution in [-0.4, -0.2) is 0 Å². The van der Waals surface area contributed by atoms with E-state index >= 15 is 0 Å². The minimum absolute atomic E-state index is 0.375. The molecule has 0 N–H and O–H groups in total. The van der Waals surface area contributed by atoms with Crippen LogP contribution in [0, 0.1) is 18.3 Å². The Labute approximate surface area is 54.8 Å². The summed E-state index contributed by atoms with van der Waals surface area (Å²) in [4.78, 5) is 0. The van der Waals surface area contributed by atoms with Crippen molar-refractivity contribution in [2.75, 3.05) is 0 Å². The number of halogens is 1. The van der Waals surface area contributed by atoms with E-state index in [-0.39, 0.29) is 0 Å². The van der Waals surface area contributed by atoms with Crippen LogP contribution in [0.3, 0.4) is 0 Å². The van der Waals surface area contributed by atoms with Crippen LogP contribution < -0.4 is 0 Å². The fourth-order valence-corrected chi connectivity index (χ4v) is 0. The van der Waals surface area contributed by atoms with E-state index in [0.717, 1.165) is 0 Å². The molecule has 0 aromatic carbocycles. The molecule has 0 aromatic heterocycles. The van der Waals surface area contributed by atoms with E-state index in [4.69, 9.17) is 5.26 Å². The first-order chi connectivity index (χ1) is 2.91. The molecule has 0 saturated carbocycles. The standard InChI is InChI=1S/C3H4N.BrH.Zn/c1-2-3-4;;/h1-2H2;1H;/q-1;;+2/p-1. The first-order valence-electron chi connectivity index (χ1n) is 1.34. The molecule has 0 aliphatic carbocycles. The van der Waals surface area contributed by atoms with Crippen molar-refractivity contribution < 1.29 is 16.3 Å². The van der Waals surface area contributed by atoms with Crippen molar-refractivity contribution in [2.24, 2.45) is 0 Å². The summed E-state index contributed by atoms with van der Waals surface area (Å²) < 4.78 is 0. The summed E-state index contributed by atoms with van der Waals surface area (Å²) in [5.41, 5.74) is 0. The van der Waals surface area contributed by atoms with Crippen molar-refractivity contribution in [1.29, 1.82) is 5.26 Å². The van der Waals surface area contributed by atoms with Crippen LogP contribution in [0.15, 0.2) is 0 Å². The normalized spacial score (nSPS) is 4.50. The quantitative estimate of drug-likeness (QED) is 0.429. The van der Waals surface area contributed by atoms with Crippen LogP contribution >= 0.6 is 13.6 Å². The number of hydrogen-bond donors (Lipinski definition) is 0. The van der Waals surface area contributed by atoms with Crippen molar-refractivity contribution in [3.05, 3.63) is 6.92 Å². The van der Waals surface area contributed by atoms with Crippen LogP contribution in [0.4, 0.5) is 0 Å². The van der Waals surface area contributed by atoms with Gasteiger partial charge in [0.25, 0.3) is 0 Å². The van der Waals surface area contributed by atoms with Gasteiger partial charge in [-0.2, -0.15) is 0 Å². The molecule has 0 amide bonds. The van der Waals surface area contributed by atoms with Crippen LogP contribution in [0.2, 0.25) is 0 Å². The van der Waals surface area contributed by atoms with Crippen LogP contribution in [0.5, 0.6) is 0 Å². The molecule has 0 rings (SSSR count). The third-order valence-electron chi connectivity index (χ3n) is 0.112. The molecule has 0 bridgehead atoms. The van der Waals surface area contributed by atoms with Gasteiger partial charge in [-0.1, -0.05) is 6.42 Å². The van der Waals surface area contributed by atoms with Gasteiger partial charge < -0.3 is 6.92 Å².